The first kappa shape index (κ1) is 7.83. The quantitative estimate of drug-likeness (QED) is 0.289. The molecule has 0 bridgehead atoms. The first-order valence-corrected chi connectivity index (χ1v) is 2.17. The zero-order valence-electron chi connectivity index (χ0n) is 4.53. The lowest BCUT2D eigenvalue weighted by molar-refractivity contribution is -0.485. The summed E-state index contributed by atoms with van der Waals surface area (Å²) in [6, 6.07) is 0. The summed E-state index contributed by atoms with van der Waals surface area (Å²) in [7, 11) is 0. The minimum absolute atomic E-state index is 0.374. The highest BCUT2D eigenvalue weighted by Gasteiger charge is 1.97. The van der Waals surface area contributed by atoms with Gasteiger partial charge in [0.1, 0.15) is 0 Å². The molecule has 0 radical (unpaired) electrons. The van der Waals surface area contributed by atoms with Crippen LogP contribution in [-0.4, -0.2) is 29.2 Å². The third-order valence-electron chi connectivity index (χ3n) is 0.517. The van der Waals surface area contributed by atoms with Crippen molar-refractivity contribution in [3.05, 3.63) is 10.1 Å². The summed E-state index contributed by atoms with van der Waals surface area (Å²) in [5.41, 5.74) is 0. The number of carboxylic acids is 1. The molecule has 2 N–H and O–H groups in total. The summed E-state index contributed by atoms with van der Waals surface area (Å²) in [5.74, 6) is -1.10. The molecule has 9 heavy (non-hydrogen) atoms. The molecule has 0 amide bonds. The highest BCUT2D eigenvalue weighted by molar-refractivity contribution is 5.68. The van der Waals surface area contributed by atoms with E-state index in [9.17, 15) is 14.9 Å². The first-order chi connectivity index (χ1) is 4.13. The molecule has 0 aliphatic carbocycles. The van der Waals surface area contributed by atoms with Crippen molar-refractivity contribution < 1.29 is 14.8 Å². The molecule has 0 aromatic rings. The third kappa shape index (κ3) is 6.83. The maximum atomic E-state index is 9.70. The Morgan fingerprint density at radius 1 is 1.78 bits per heavy atom. The predicted molar refractivity (Wildman–Crippen MR) is 27.5 cm³/mol. The van der Waals surface area contributed by atoms with E-state index < -0.39 is 17.6 Å². The van der Waals surface area contributed by atoms with Crippen LogP contribution in [0.1, 0.15) is 0 Å². The fourth-order valence-electron chi connectivity index (χ4n) is 0.254. The van der Waals surface area contributed by atoms with Gasteiger partial charge in [0.2, 0.25) is 0 Å². The molecule has 0 aliphatic heterocycles. The van der Waals surface area contributed by atoms with E-state index in [4.69, 9.17) is 5.11 Å². The van der Waals surface area contributed by atoms with E-state index in [-0.39, 0.29) is 6.54 Å². The van der Waals surface area contributed by atoms with Gasteiger partial charge in [-0.15, -0.1) is 0 Å². The number of hydrogen-bond acceptors (Lipinski definition) is 4. The van der Waals surface area contributed by atoms with Gasteiger partial charge in [0.15, 0.2) is 0 Å². The minimum Gasteiger partial charge on any atom is -0.480 e. The van der Waals surface area contributed by atoms with Gasteiger partial charge in [-0.05, 0) is 0 Å². The zero-order valence-corrected chi connectivity index (χ0v) is 4.53. The molecule has 0 unspecified atom stereocenters. The molecule has 0 aromatic heterocycles. The van der Waals surface area contributed by atoms with E-state index in [1.54, 1.807) is 0 Å². The SMILES string of the molecule is O=C(O)CNC[N+](=O)[O-]. The summed E-state index contributed by atoms with van der Waals surface area (Å²) in [5, 5.41) is 19.6. The van der Waals surface area contributed by atoms with Gasteiger partial charge >= 0.3 is 5.97 Å². The van der Waals surface area contributed by atoms with Gasteiger partial charge in [-0.1, -0.05) is 0 Å². The summed E-state index contributed by atoms with van der Waals surface area (Å²) < 4.78 is 0. The molecular weight excluding hydrogens is 128 g/mol. The van der Waals surface area contributed by atoms with Crippen molar-refractivity contribution in [3.63, 3.8) is 0 Å². The second-order valence-electron chi connectivity index (χ2n) is 1.31. The van der Waals surface area contributed by atoms with Crippen LogP contribution in [-0.2, 0) is 4.79 Å². The normalized spacial score (nSPS) is 8.89. The van der Waals surface area contributed by atoms with Crippen molar-refractivity contribution in [2.24, 2.45) is 0 Å². The van der Waals surface area contributed by atoms with Crippen molar-refractivity contribution in [1.29, 1.82) is 0 Å². The van der Waals surface area contributed by atoms with E-state index in [1.165, 1.54) is 0 Å². The number of nitrogens with zero attached hydrogens (tertiary/aromatic N) is 1. The fourth-order valence-corrected chi connectivity index (χ4v) is 0.254. The highest BCUT2D eigenvalue weighted by Crippen LogP contribution is 1.62. The smallest absolute Gasteiger partial charge is 0.317 e. The summed E-state index contributed by atoms with van der Waals surface area (Å²) >= 11 is 0. The largest absolute Gasteiger partial charge is 0.480 e. The molecule has 0 aromatic carbocycles. The number of nitro groups is 1. The van der Waals surface area contributed by atoms with Gasteiger partial charge in [0.25, 0.3) is 6.67 Å². The molecule has 6 nitrogen and oxygen atoms in total. The van der Waals surface area contributed by atoms with E-state index in [1.807, 2.05) is 0 Å². The lowest BCUT2D eigenvalue weighted by atomic mass is 10.7. The molecule has 0 saturated carbocycles. The van der Waals surface area contributed by atoms with Crippen LogP contribution < -0.4 is 5.32 Å². The Hall–Kier alpha value is -1.17. The molecule has 0 spiro atoms. The second-order valence-corrected chi connectivity index (χ2v) is 1.31. The number of aliphatic carboxylic acids is 1. The van der Waals surface area contributed by atoms with Crippen LogP contribution >= 0.6 is 0 Å². The van der Waals surface area contributed by atoms with Crippen molar-refractivity contribution in [3.8, 4) is 0 Å². The number of nitrogens with one attached hydrogen (secondary N) is 1. The van der Waals surface area contributed by atoms with Crippen LogP contribution in [0.4, 0.5) is 0 Å². The lowest BCUT2D eigenvalue weighted by Gasteiger charge is -1.91. The topological polar surface area (TPSA) is 92.5 Å². The summed E-state index contributed by atoms with van der Waals surface area (Å²) in [4.78, 5) is 18.6. The average molecular weight is 134 g/mol. The van der Waals surface area contributed by atoms with Crippen LogP contribution in [0.3, 0.4) is 0 Å². The van der Waals surface area contributed by atoms with Gasteiger partial charge in [0, 0.05) is 4.92 Å². The van der Waals surface area contributed by atoms with Crippen LogP contribution in [0, 0.1) is 10.1 Å². The van der Waals surface area contributed by atoms with Crippen LogP contribution in [0.25, 0.3) is 0 Å². The number of rotatable bonds is 4. The fraction of sp³-hybridized carbons (Fsp3) is 0.667. The third-order valence-corrected chi connectivity index (χ3v) is 0.517. The van der Waals surface area contributed by atoms with Gasteiger partial charge in [0.05, 0.1) is 6.54 Å². The van der Waals surface area contributed by atoms with Gasteiger partial charge < -0.3 is 5.11 Å². The van der Waals surface area contributed by atoms with E-state index in [2.05, 4.69) is 5.32 Å². The van der Waals surface area contributed by atoms with Gasteiger partial charge in [-0.2, -0.15) is 0 Å². The first-order valence-electron chi connectivity index (χ1n) is 2.17. The Bertz CT molecular complexity index is 109. The van der Waals surface area contributed by atoms with E-state index in [0.717, 1.165) is 0 Å². The Morgan fingerprint density at radius 2 is 2.33 bits per heavy atom. The van der Waals surface area contributed by atoms with Crippen molar-refractivity contribution in [2.75, 3.05) is 13.2 Å². The maximum absolute atomic E-state index is 9.70. The van der Waals surface area contributed by atoms with Gasteiger partial charge in [-0.25, -0.2) is 5.32 Å². The lowest BCUT2D eigenvalue weighted by Crippen LogP contribution is -2.27. The molecule has 0 rings (SSSR count). The number of carboxylic acid groups (broad SMARTS) is 1. The minimum atomic E-state index is -1.10. The second kappa shape index (κ2) is 3.79. The molecule has 0 aliphatic rings. The van der Waals surface area contributed by atoms with Crippen molar-refractivity contribution in [2.45, 2.75) is 0 Å². The number of carbonyl (C=O) groups is 1. The zero-order chi connectivity index (χ0) is 7.28. The van der Waals surface area contributed by atoms with Crippen LogP contribution in [0.2, 0.25) is 0 Å². The molecule has 52 valence electrons. The predicted octanol–water partition coefficient (Wildman–Crippen LogP) is -1.11. The monoisotopic (exact) mass is 134 g/mol. The molecule has 0 heterocycles. The Morgan fingerprint density at radius 3 is 2.67 bits per heavy atom. The van der Waals surface area contributed by atoms with Crippen LogP contribution in [0.5, 0.6) is 0 Å². The molecule has 0 saturated heterocycles. The molecular formula is C3H6N2O4. The summed E-state index contributed by atoms with van der Waals surface area (Å²) in [6.45, 7) is -0.882. The highest BCUT2D eigenvalue weighted by atomic mass is 16.6. The summed E-state index contributed by atoms with van der Waals surface area (Å²) in [6.07, 6.45) is 0. The Balaban J connectivity index is 3.10. The molecule has 6 heteroatoms. The van der Waals surface area contributed by atoms with E-state index >= 15 is 0 Å². The average Bonchev–Trinajstić information content (AvgIpc) is 1.63. The molecule has 0 atom stereocenters. The van der Waals surface area contributed by atoms with Crippen molar-refractivity contribution in [1.82, 2.24) is 5.32 Å². The standard InChI is InChI=1S/C3H6N2O4/c6-3(7)1-4-2-5(8)9/h4H,1-2H2,(H,6,7). The maximum Gasteiger partial charge on any atom is 0.317 e. The molecule has 0 fully saturated rings. The van der Waals surface area contributed by atoms with Gasteiger partial charge in [-0.3, -0.25) is 14.9 Å². The van der Waals surface area contributed by atoms with Crippen LogP contribution in [0.15, 0.2) is 0 Å². The number of hydrogen-bond donors (Lipinski definition) is 2. The van der Waals surface area contributed by atoms with Crippen molar-refractivity contribution >= 4 is 5.97 Å². The Kier molecular flexibility index (Phi) is 3.29. The van der Waals surface area contributed by atoms with E-state index in [0.29, 0.717) is 0 Å². The Labute approximate surface area is 50.6 Å².